The number of aromatic nitrogens is 1. The van der Waals surface area contributed by atoms with E-state index in [9.17, 15) is 4.79 Å². The van der Waals surface area contributed by atoms with E-state index < -0.39 is 0 Å². The van der Waals surface area contributed by atoms with Crippen LogP contribution >= 0.6 is 0 Å². The molecule has 1 heterocycles. The highest BCUT2D eigenvalue weighted by molar-refractivity contribution is 6.05. The summed E-state index contributed by atoms with van der Waals surface area (Å²) in [7, 11) is 1.79. The quantitative estimate of drug-likeness (QED) is 0.770. The van der Waals surface area contributed by atoms with Gasteiger partial charge in [0.25, 0.3) is 5.91 Å². The Hall–Kier alpha value is -2.88. The third-order valence-corrected chi connectivity index (χ3v) is 3.29. The van der Waals surface area contributed by atoms with Crippen LogP contribution in [0.1, 0.15) is 10.4 Å². The third kappa shape index (κ3) is 2.84. The highest BCUT2D eigenvalue weighted by Crippen LogP contribution is 2.19. The van der Waals surface area contributed by atoms with E-state index in [-0.39, 0.29) is 5.91 Å². The Morgan fingerprint density at radius 3 is 2.52 bits per heavy atom. The number of nitrogens with zero attached hydrogens (tertiary/aromatic N) is 1. The standard InChI is InChI=1S/C17H15N3O/c1-18-16-9-7-14(11-19-16)17(21)20-15-8-6-12-4-2-3-5-13(12)10-15/h2-11H,1H3,(H,18,19)(H,20,21). The number of rotatable bonds is 3. The molecule has 1 aromatic heterocycles. The zero-order chi connectivity index (χ0) is 14.7. The fourth-order valence-corrected chi connectivity index (χ4v) is 2.15. The molecule has 0 fully saturated rings. The molecule has 0 aliphatic carbocycles. The van der Waals surface area contributed by atoms with Crippen LogP contribution < -0.4 is 10.6 Å². The van der Waals surface area contributed by atoms with Crippen molar-refractivity contribution < 1.29 is 4.79 Å². The number of amides is 1. The van der Waals surface area contributed by atoms with Gasteiger partial charge >= 0.3 is 0 Å². The Bertz CT molecular complexity index is 781. The normalized spacial score (nSPS) is 10.3. The summed E-state index contributed by atoms with van der Waals surface area (Å²) in [5, 5.41) is 8.05. The Morgan fingerprint density at radius 2 is 1.81 bits per heavy atom. The van der Waals surface area contributed by atoms with Crippen molar-refractivity contribution in [3.63, 3.8) is 0 Å². The van der Waals surface area contributed by atoms with Crippen LogP contribution in [0.15, 0.2) is 60.8 Å². The van der Waals surface area contributed by atoms with Crippen molar-refractivity contribution in [1.82, 2.24) is 4.98 Å². The molecule has 3 rings (SSSR count). The molecule has 2 aromatic carbocycles. The number of hydrogen-bond donors (Lipinski definition) is 2. The SMILES string of the molecule is CNc1ccc(C(=O)Nc2ccc3ccccc3c2)cn1. The van der Waals surface area contributed by atoms with Crippen molar-refractivity contribution in [2.45, 2.75) is 0 Å². The lowest BCUT2D eigenvalue weighted by Crippen LogP contribution is -2.12. The Morgan fingerprint density at radius 1 is 1.00 bits per heavy atom. The monoisotopic (exact) mass is 277 g/mol. The van der Waals surface area contributed by atoms with Crippen molar-refractivity contribution >= 4 is 28.2 Å². The molecular weight excluding hydrogens is 262 g/mol. The zero-order valence-electron chi connectivity index (χ0n) is 11.6. The Kier molecular flexibility index (Phi) is 3.51. The second-order valence-corrected chi connectivity index (χ2v) is 4.70. The van der Waals surface area contributed by atoms with E-state index >= 15 is 0 Å². The maximum Gasteiger partial charge on any atom is 0.257 e. The van der Waals surface area contributed by atoms with Crippen LogP contribution in [-0.4, -0.2) is 17.9 Å². The van der Waals surface area contributed by atoms with Crippen LogP contribution in [0.5, 0.6) is 0 Å². The Labute approximate surface area is 122 Å². The van der Waals surface area contributed by atoms with Gasteiger partial charge in [-0.25, -0.2) is 4.98 Å². The minimum absolute atomic E-state index is 0.166. The largest absolute Gasteiger partial charge is 0.373 e. The van der Waals surface area contributed by atoms with Gasteiger partial charge in [0.2, 0.25) is 0 Å². The first-order chi connectivity index (χ1) is 10.3. The average molecular weight is 277 g/mol. The topological polar surface area (TPSA) is 54.0 Å². The Balaban J connectivity index is 1.81. The lowest BCUT2D eigenvalue weighted by molar-refractivity contribution is 0.102. The summed E-state index contributed by atoms with van der Waals surface area (Å²) in [6.45, 7) is 0. The number of fused-ring (bicyclic) bond motifs is 1. The summed E-state index contributed by atoms with van der Waals surface area (Å²) in [5.41, 5.74) is 1.30. The molecule has 0 spiro atoms. The van der Waals surface area contributed by atoms with E-state index in [1.165, 1.54) is 0 Å². The van der Waals surface area contributed by atoms with E-state index in [1.807, 2.05) is 42.5 Å². The molecule has 104 valence electrons. The predicted octanol–water partition coefficient (Wildman–Crippen LogP) is 3.53. The summed E-state index contributed by atoms with van der Waals surface area (Å²) < 4.78 is 0. The molecule has 0 atom stereocenters. The average Bonchev–Trinajstić information content (AvgIpc) is 2.55. The third-order valence-electron chi connectivity index (χ3n) is 3.29. The van der Waals surface area contributed by atoms with Gasteiger partial charge in [-0.05, 0) is 35.0 Å². The maximum atomic E-state index is 12.2. The number of pyridine rings is 1. The van der Waals surface area contributed by atoms with Crippen LogP contribution in [0.3, 0.4) is 0 Å². The molecule has 1 amide bonds. The summed E-state index contributed by atoms with van der Waals surface area (Å²) in [5.74, 6) is 0.567. The second-order valence-electron chi connectivity index (χ2n) is 4.70. The van der Waals surface area contributed by atoms with Gasteiger partial charge in [0.15, 0.2) is 0 Å². The first-order valence-electron chi connectivity index (χ1n) is 6.70. The van der Waals surface area contributed by atoms with Gasteiger partial charge in [-0.3, -0.25) is 4.79 Å². The lowest BCUT2D eigenvalue weighted by atomic mass is 10.1. The van der Waals surface area contributed by atoms with Gasteiger partial charge in [-0.2, -0.15) is 0 Å². The highest BCUT2D eigenvalue weighted by Gasteiger charge is 2.07. The molecule has 4 nitrogen and oxygen atoms in total. The molecule has 0 radical (unpaired) electrons. The van der Waals surface area contributed by atoms with Gasteiger partial charge < -0.3 is 10.6 Å². The molecule has 0 unspecified atom stereocenters. The van der Waals surface area contributed by atoms with Crippen LogP contribution in [0.25, 0.3) is 10.8 Å². The predicted molar refractivity (Wildman–Crippen MR) is 85.7 cm³/mol. The van der Waals surface area contributed by atoms with Crippen molar-refractivity contribution in [2.24, 2.45) is 0 Å². The van der Waals surface area contributed by atoms with Crippen molar-refractivity contribution in [3.8, 4) is 0 Å². The number of nitrogens with one attached hydrogen (secondary N) is 2. The highest BCUT2D eigenvalue weighted by atomic mass is 16.1. The number of carbonyl (C=O) groups is 1. The molecule has 0 saturated carbocycles. The van der Waals surface area contributed by atoms with Gasteiger partial charge in [0.1, 0.15) is 5.82 Å². The maximum absolute atomic E-state index is 12.2. The number of carbonyl (C=O) groups excluding carboxylic acids is 1. The number of hydrogen-bond acceptors (Lipinski definition) is 3. The number of anilines is 2. The fraction of sp³-hybridized carbons (Fsp3) is 0.0588. The molecular formula is C17H15N3O. The van der Waals surface area contributed by atoms with Crippen LogP contribution in [-0.2, 0) is 0 Å². The minimum atomic E-state index is -0.166. The summed E-state index contributed by atoms with van der Waals surface area (Å²) in [6, 6.07) is 17.4. The fourth-order valence-electron chi connectivity index (χ4n) is 2.15. The summed E-state index contributed by atoms with van der Waals surface area (Å²) >= 11 is 0. The summed E-state index contributed by atoms with van der Waals surface area (Å²) in [4.78, 5) is 16.3. The van der Waals surface area contributed by atoms with E-state index in [2.05, 4.69) is 15.6 Å². The molecule has 0 bridgehead atoms. The van der Waals surface area contributed by atoms with E-state index in [0.717, 1.165) is 22.3 Å². The summed E-state index contributed by atoms with van der Waals surface area (Å²) in [6.07, 6.45) is 1.56. The van der Waals surface area contributed by atoms with Crippen molar-refractivity contribution in [3.05, 3.63) is 66.4 Å². The molecule has 4 heteroatoms. The van der Waals surface area contributed by atoms with Gasteiger partial charge in [-0.15, -0.1) is 0 Å². The number of benzene rings is 2. The smallest absolute Gasteiger partial charge is 0.257 e. The molecule has 3 aromatic rings. The second kappa shape index (κ2) is 5.63. The van der Waals surface area contributed by atoms with Crippen molar-refractivity contribution in [2.75, 3.05) is 17.7 Å². The van der Waals surface area contributed by atoms with E-state index in [1.54, 1.807) is 25.4 Å². The zero-order valence-corrected chi connectivity index (χ0v) is 11.6. The molecule has 0 aliphatic heterocycles. The van der Waals surface area contributed by atoms with E-state index in [4.69, 9.17) is 0 Å². The van der Waals surface area contributed by atoms with Crippen LogP contribution in [0, 0.1) is 0 Å². The molecule has 0 aliphatic rings. The lowest BCUT2D eigenvalue weighted by Gasteiger charge is -2.07. The molecule has 21 heavy (non-hydrogen) atoms. The first-order valence-corrected chi connectivity index (χ1v) is 6.70. The van der Waals surface area contributed by atoms with Gasteiger partial charge in [0, 0.05) is 18.9 Å². The molecule has 0 saturated heterocycles. The minimum Gasteiger partial charge on any atom is -0.373 e. The van der Waals surface area contributed by atoms with Gasteiger partial charge in [-0.1, -0.05) is 30.3 Å². The first kappa shape index (κ1) is 13.1. The van der Waals surface area contributed by atoms with Crippen LogP contribution in [0.4, 0.5) is 11.5 Å². The van der Waals surface area contributed by atoms with Crippen molar-refractivity contribution in [1.29, 1.82) is 0 Å². The van der Waals surface area contributed by atoms with Gasteiger partial charge in [0.05, 0.1) is 5.56 Å². The van der Waals surface area contributed by atoms with Crippen LogP contribution in [0.2, 0.25) is 0 Å². The van der Waals surface area contributed by atoms with E-state index in [0.29, 0.717) is 5.56 Å². The molecule has 2 N–H and O–H groups in total.